The number of hydrogen-bond acceptors (Lipinski definition) is 9. The molecular weight excluding hydrogens is 457 g/mol. The molecule has 0 aliphatic heterocycles. The van der Waals surface area contributed by atoms with E-state index in [1.807, 2.05) is 13.0 Å². The van der Waals surface area contributed by atoms with Crippen LogP contribution in [-0.2, 0) is 0 Å². The zero-order chi connectivity index (χ0) is 23.6. The van der Waals surface area contributed by atoms with Crippen molar-refractivity contribution in [1.82, 2.24) is 24.1 Å². The molecule has 4 aromatic rings. The van der Waals surface area contributed by atoms with E-state index in [1.54, 1.807) is 18.2 Å². The van der Waals surface area contributed by atoms with Crippen LogP contribution in [-0.4, -0.2) is 49.3 Å². The minimum atomic E-state index is -4.45. The quantitative estimate of drug-likeness (QED) is 0.290. The van der Waals surface area contributed by atoms with E-state index < -0.39 is 12.8 Å². The average Bonchev–Trinajstić information content (AvgIpc) is 3.22. The highest BCUT2D eigenvalue weighted by Gasteiger charge is 2.28. The van der Waals surface area contributed by atoms with E-state index in [9.17, 15) is 13.2 Å². The Morgan fingerprint density at radius 1 is 1.21 bits per heavy atom. The third kappa shape index (κ3) is 5.31. The van der Waals surface area contributed by atoms with Gasteiger partial charge in [-0.3, -0.25) is 15.8 Å². The van der Waals surface area contributed by atoms with Gasteiger partial charge in [-0.1, -0.05) is 0 Å². The predicted molar refractivity (Wildman–Crippen MR) is 117 cm³/mol. The molecule has 0 radical (unpaired) electrons. The number of aromatic nitrogens is 5. The first kappa shape index (κ1) is 22.3. The summed E-state index contributed by atoms with van der Waals surface area (Å²) < 4.78 is 47.3. The maximum atomic E-state index is 12.4. The second-order valence-electron chi connectivity index (χ2n) is 6.95. The molecule has 3 N–H and O–H groups in total. The molecule has 0 aliphatic rings. The van der Waals surface area contributed by atoms with Gasteiger partial charge in [0, 0.05) is 12.3 Å². The minimum Gasteiger partial charge on any atom is -0.482 e. The van der Waals surface area contributed by atoms with Crippen molar-refractivity contribution in [3.63, 3.8) is 0 Å². The molecule has 0 atom stereocenters. The molecule has 0 unspecified atom stereocenters. The van der Waals surface area contributed by atoms with Crippen LogP contribution >= 0.6 is 11.5 Å². The Morgan fingerprint density at radius 2 is 2.03 bits per heavy atom. The molecule has 0 saturated carbocycles. The highest BCUT2D eigenvalue weighted by molar-refractivity contribution is 7.09. The second kappa shape index (κ2) is 8.94. The molecule has 0 fully saturated rings. The molecule has 0 amide bonds. The van der Waals surface area contributed by atoms with Crippen LogP contribution in [0.25, 0.3) is 21.6 Å². The van der Waals surface area contributed by atoms with E-state index in [0.29, 0.717) is 22.4 Å². The Morgan fingerprint density at radius 3 is 2.76 bits per heavy atom. The Balaban J connectivity index is 1.51. The first-order valence-electron chi connectivity index (χ1n) is 9.54. The van der Waals surface area contributed by atoms with Crippen LogP contribution in [0.5, 0.6) is 5.75 Å². The van der Waals surface area contributed by atoms with Gasteiger partial charge in [-0.15, -0.1) is 0 Å². The van der Waals surface area contributed by atoms with Crippen molar-refractivity contribution >= 4 is 34.1 Å². The summed E-state index contributed by atoms with van der Waals surface area (Å²) in [7, 11) is 0. The van der Waals surface area contributed by atoms with E-state index in [-0.39, 0.29) is 23.6 Å². The van der Waals surface area contributed by atoms with Gasteiger partial charge in [0.15, 0.2) is 6.61 Å². The predicted octanol–water partition coefficient (Wildman–Crippen LogP) is 3.62. The molecular formula is C20H17F3N8OS. The number of rotatable bonds is 6. The molecule has 4 rings (SSSR count). The molecule has 4 heterocycles. The van der Waals surface area contributed by atoms with Gasteiger partial charge < -0.3 is 10.1 Å². The summed E-state index contributed by atoms with van der Waals surface area (Å²) in [5.74, 6) is -0.0379. The maximum Gasteiger partial charge on any atom is 0.422 e. The largest absolute Gasteiger partial charge is 0.482 e. The maximum absolute atomic E-state index is 12.4. The molecule has 13 heteroatoms. The van der Waals surface area contributed by atoms with E-state index >= 15 is 0 Å². The van der Waals surface area contributed by atoms with Gasteiger partial charge in [0.25, 0.3) is 0 Å². The number of ether oxygens (including phenoxy) is 1. The summed E-state index contributed by atoms with van der Waals surface area (Å²) in [5.41, 5.74) is 2.76. The van der Waals surface area contributed by atoms with E-state index in [1.165, 1.54) is 34.7 Å². The molecule has 0 spiro atoms. The van der Waals surface area contributed by atoms with Crippen LogP contribution in [0, 0.1) is 17.7 Å². The monoisotopic (exact) mass is 474 g/mol. The van der Waals surface area contributed by atoms with Crippen LogP contribution in [0.15, 0.2) is 42.7 Å². The zero-order valence-corrected chi connectivity index (χ0v) is 18.0. The first-order valence-corrected chi connectivity index (χ1v) is 10.3. The van der Waals surface area contributed by atoms with Gasteiger partial charge >= 0.3 is 6.18 Å². The van der Waals surface area contributed by atoms with Crippen LogP contribution in [0.4, 0.5) is 18.9 Å². The van der Waals surface area contributed by atoms with Gasteiger partial charge in [0.2, 0.25) is 0 Å². The number of alkyl halides is 3. The fourth-order valence-electron chi connectivity index (χ4n) is 2.90. The number of halogens is 3. The van der Waals surface area contributed by atoms with Gasteiger partial charge in [0.05, 0.1) is 34.5 Å². The molecule has 33 heavy (non-hydrogen) atoms. The third-order valence-corrected chi connectivity index (χ3v) is 5.28. The highest BCUT2D eigenvalue weighted by Crippen LogP contribution is 2.25. The lowest BCUT2D eigenvalue weighted by atomic mass is 10.2. The van der Waals surface area contributed by atoms with Crippen molar-refractivity contribution in [2.45, 2.75) is 13.1 Å². The number of aryl methyl sites for hydroxylation is 1. The number of hydrogen-bond donors (Lipinski definition) is 3. The van der Waals surface area contributed by atoms with Gasteiger partial charge in [-0.05, 0) is 42.7 Å². The summed E-state index contributed by atoms with van der Waals surface area (Å²) in [4.78, 5) is 9.11. The number of anilines is 1. The minimum absolute atomic E-state index is 0.0122. The molecule has 170 valence electrons. The lowest BCUT2D eigenvalue weighted by Crippen LogP contribution is -2.33. The zero-order valence-electron chi connectivity index (χ0n) is 17.1. The summed E-state index contributed by atoms with van der Waals surface area (Å²) in [5, 5.41) is 23.9. The van der Waals surface area contributed by atoms with Crippen LogP contribution < -0.4 is 15.5 Å². The number of nitrogens with one attached hydrogen (secondary N) is 3. The fraction of sp³-hybridized carbons (Fsp3) is 0.200. The first-order chi connectivity index (χ1) is 15.7. The lowest BCUT2D eigenvalue weighted by Gasteiger charge is -2.13. The van der Waals surface area contributed by atoms with Crippen molar-refractivity contribution in [1.29, 1.82) is 10.8 Å². The fourth-order valence-corrected chi connectivity index (χ4v) is 3.62. The Labute approximate surface area is 189 Å². The van der Waals surface area contributed by atoms with Crippen molar-refractivity contribution in [3.05, 3.63) is 53.9 Å². The van der Waals surface area contributed by atoms with Crippen LogP contribution in [0.3, 0.4) is 0 Å². The van der Waals surface area contributed by atoms with E-state index in [0.717, 1.165) is 10.6 Å². The number of pyridine rings is 2. The van der Waals surface area contributed by atoms with E-state index in [2.05, 4.69) is 24.8 Å². The molecule has 0 bridgehead atoms. The van der Waals surface area contributed by atoms with Crippen LogP contribution in [0.1, 0.15) is 5.69 Å². The van der Waals surface area contributed by atoms with Crippen LogP contribution in [0.2, 0.25) is 0 Å². The summed E-state index contributed by atoms with van der Waals surface area (Å²) >= 11 is 1.29. The standard InChI is InChI=1S/C20H17F3N8OS/c1-11-6-16(33-30-11)13-2-3-17(24)31(29-13)18(25)9-27-14-4-5-26-15-7-12(8-28-19(14)15)32-10-20(21,22)23/h2-8,24-25H,9-10H2,1H3,(H,26,27). The summed E-state index contributed by atoms with van der Waals surface area (Å²) in [6.45, 7) is 0.467. The molecule has 4 aromatic heterocycles. The lowest BCUT2D eigenvalue weighted by molar-refractivity contribution is -0.153. The normalized spacial score (nSPS) is 11.5. The summed E-state index contributed by atoms with van der Waals surface area (Å²) in [6.07, 6.45) is -1.80. The second-order valence-corrected chi connectivity index (χ2v) is 7.75. The number of fused-ring (bicyclic) bond motifs is 1. The molecule has 0 aromatic carbocycles. The van der Waals surface area contributed by atoms with Crippen molar-refractivity contribution in [2.24, 2.45) is 0 Å². The van der Waals surface area contributed by atoms with Crippen molar-refractivity contribution in [2.75, 3.05) is 18.5 Å². The third-order valence-electron chi connectivity index (χ3n) is 4.37. The molecule has 0 saturated heterocycles. The molecule has 0 aliphatic carbocycles. The molecule has 9 nitrogen and oxygen atoms in total. The van der Waals surface area contributed by atoms with Gasteiger partial charge in [-0.2, -0.15) is 27.3 Å². The van der Waals surface area contributed by atoms with E-state index in [4.69, 9.17) is 15.6 Å². The highest BCUT2D eigenvalue weighted by atomic mass is 32.1. The smallest absolute Gasteiger partial charge is 0.422 e. The SMILES string of the molecule is Cc1cc(-c2ccc(=N)n(C(=N)CNc3ccnc4cc(OCC(F)(F)F)cnc34)n2)sn1. The Hall–Kier alpha value is -3.87. The Bertz CT molecular complexity index is 1380. The Kier molecular flexibility index (Phi) is 6.05. The summed E-state index contributed by atoms with van der Waals surface area (Å²) in [6, 6.07) is 8.13. The topological polar surface area (TPSA) is 125 Å². The average molecular weight is 474 g/mol. The van der Waals surface area contributed by atoms with Gasteiger partial charge in [-0.25, -0.2) is 4.98 Å². The van der Waals surface area contributed by atoms with Crippen molar-refractivity contribution in [3.8, 4) is 16.3 Å². The van der Waals surface area contributed by atoms with Crippen molar-refractivity contribution < 1.29 is 17.9 Å². The van der Waals surface area contributed by atoms with Gasteiger partial charge in [0.1, 0.15) is 28.3 Å². The number of nitrogens with zero attached hydrogens (tertiary/aromatic N) is 5.